The molecule has 3 aromatic rings. The fourth-order valence-electron chi connectivity index (χ4n) is 3.20. The molecule has 3 rings (SSSR count). The quantitative estimate of drug-likeness (QED) is 0.511. The number of fused-ring (bicyclic) bond motifs is 1. The fraction of sp³-hybridized carbons (Fsp3) is 0.304. The van der Waals surface area contributed by atoms with Crippen LogP contribution in [0.3, 0.4) is 0 Å². The number of hydrogen-bond acceptors (Lipinski definition) is 5. The van der Waals surface area contributed by atoms with E-state index < -0.39 is 18.5 Å². The molecule has 0 fully saturated rings. The van der Waals surface area contributed by atoms with Gasteiger partial charge in [0.2, 0.25) is 0 Å². The molecule has 1 N–H and O–H groups in total. The monoisotopic (exact) mass is 475 g/mol. The number of rotatable bonds is 7. The zero-order valence-electron chi connectivity index (χ0n) is 17.9. The van der Waals surface area contributed by atoms with Gasteiger partial charge in [-0.1, -0.05) is 61.3 Å². The van der Waals surface area contributed by atoms with Crippen molar-refractivity contribution >= 4 is 45.9 Å². The van der Waals surface area contributed by atoms with Crippen molar-refractivity contribution in [2.45, 2.75) is 33.4 Å². The van der Waals surface area contributed by atoms with Gasteiger partial charge in [0.05, 0.1) is 21.5 Å². The van der Waals surface area contributed by atoms with Gasteiger partial charge in [0.1, 0.15) is 0 Å². The van der Waals surface area contributed by atoms with E-state index in [-0.39, 0.29) is 23.2 Å². The van der Waals surface area contributed by atoms with Crippen LogP contribution in [0.2, 0.25) is 10.0 Å². The number of halogens is 2. The van der Waals surface area contributed by atoms with Gasteiger partial charge in [0, 0.05) is 11.9 Å². The Hall–Kier alpha value is -2.90. The van der Waals surface area contributed by atoms with E-state index in [9.17, 15) is 14.4 Å². The Morgan fingerprint density at radius 3 is 2.41 bits per heavy atom. The Labute approximate surface area is 195 Å². The molecule has 1 atom stereocenters. The van der Waals surface area contributed by atoms with Crippen molar-refractivity contribution < 1.29 is 14.3 Å². The van der Waals surface area contributed by atoms with Crippen molar-refractivity contribution in [3.8, 4) is 0 Å². The summed E-state index contributed by atoms with van der Waals surface area (Å²) in [4.78, 5) is 37.7. The lowest BCUT2D eigenvalue weighted by molar-refractivity contribution is -0.124. The van der Waals surface area contributed by atoms with E-state index in [1.165, 1.54) is 4.68 Å². The number of hydrogen-bond donors (Lipinski definition) is 1. The third-order valence-corrected chi connectivity index (χ3v) is 5.49. The van der Waals surface area contributed by atoms with Crippen LogP contribution in [-0.4, -0.2) is 28.3 Å². The molecule has 9 heteroatoms. The number of benzene rings is 2. The molecule has 0 spiro atoms. The van der Waals surface area contributed by atoms with E-state index in [4.69, 9.17) is 27.9 Å². The van der Waals surface area contributed by atoms with Crippen LogP contribution in [0.1, 0.15) is 42.9 Å². The van der Waals surface area contributed by atoms with E-state index in [0.29, 0.717) is 27.4 Å². The summed E-state index contributed by atoms with van der Waals surface area (Å²) in [5, 5.41) is 8.50. The Kier molecular flexibility index (Phi) is 7.53. The minimum absolute atomic E-state index is 0.00817. The van der Waals surface area contributed by atoms with Crippen LogP contribution < -0.4 is 10.9 Å². The summed E-state index contributed by atoms with van der Waals surface area (Å²) in [5.74, 6) is -1.12. The van der Waals surface area contributed by atoms with Crippen LogP contribution >= 0.6 is 23.2 Å². The van der Waals surface area contributed by atoms with Crippen molar-refractivity contribution in [2.24, 2.45) is 5.92 Å². The van der Waals surface area contributed by atoms with Gasteiger partial charge in [-0.05, 0) is 36.6 Å². The van der Waals surface area contributed by atoms with Crippen LogP contribution in [0.4, 0.5) is 0 Å². The summed E-state index contributed by atoms with van der Waals surface area (Å²) < 4.78 is 6.46. The lowest BCUT2D eigenvalue weighted by Crippen LogP contribution is -2.32. The summed E-state index contributed by atoms with van der Waals surface area (Å²) in [6.07, 6.45) is 0. The highest BCUT2D eigenvalue weighted by atomic mass is 35.5. The van der Waals surface area contributed by atoms with Gasteiger partial charge in [-0.25, -0.2) is 9.48 Å². The molecule has 168 valence electrons. The molecular formula is C23H23Cl2N3O4. The lowest BCUT2D eigenvalue weighted by atomic mass is 10.1. The maximum Gasteiger partial charge on any atom is 0.359 e. The average Bonchev–Trinajstić information content (AvgIpc) is 2.75. The SMILES string of the molecule is CC(C)Cn1nc(C(=O)OCC(=O)NC(C)c2ccc(Cl)c(Cl)c2)c2ccccc2c1=O. The molecule has 0 saturated carbocycles. The summed E-state index contributed by atoms with van der Waals surface area (Å²) in [7, 11) is 0. The van der Waals surface area contributed by atoms with Gasteiger partial charge in [-0.15, -0.1) is 0 Å². The molecular weight excluding hydrogens is 453 g/mol. The molecule has 0 saturated heterocycles. The molecule has 1 amide bonds. The van der Waals surface area contributed by atoms with E-state index in [1.54, 1.807) is 49.4 Å². The number of aromatic nitrogens is 2. The standard InChI is InChI=1S/C23H23Cl2N3O4/c1-13(2)11-28-22(30)17-7-5-4-6-16(17)21(27-28)23(31)32-12-20(29)26-14(3)15-8-9-18(24)19(25)10-15/h4-10,13-14H,11-12H2,1-3H3,(H,26,29). The van der Waals surface area contributed by atoms with Gasteiger partial charge in [0.25, 0.3) is 11.5 Å². The first-order valence-electron chi connectivity index (χ1n) is 10.1. The Bertz CT molecular complexity index is 1220. The maximum atomic E-state index is 12.7. The predicted molar refractivity (Wildman–Crippen MR) is 124 cm³/mol. The highest BCUT2D eigenvalue weighted by molar-refractivity contribution is 6.42. The molecule has 0 radical (unpaired) electrons. The van der Waals surface area contributed by atoms with E-state index in [0.717, 1.165) is 5.56 Å². The number of carbonyl (C=O) groups is 2. The molecule has 32 heavy (non-hydrogen) atoms. The third kappa shape index (κ3) is 5.47. The topological polar surface area (TPSA) is 90.3 Å². The highest BCUT2D eigenvalue weighted by Crippen LogP contribution is 2.25. The first-order valence-corrected chi connectivity index (χ1v) is 10.8. The van der Waals surface area contributed by atoms with Crippen LogP contribution in [0, 0.1) is 5.92 Å². The molecule has 2 aromatic carbocycles. The second kappa shape index (κ2) is 10.1. The maximum absolute atomic E-state index is 12.7. The van der Waals surface area contributed by atoms with Crippen LogP contribution in [0.5, 0.6) is 0 Å². The average molecular weight is 476 g/mol. The number of nitrogens with zero attached hydrogens (tertiary/aromatic N) is 2. The number of nitrogens with one attached hydrogen (secondary N) is 1. The number of amides is 1. The normalized spacial score (nSPS) is 12.1. The Morgan fingerprint density at radius 2 is 1.75 bits per heavy atom. The first-order chi connectivity index (χ1) is 15.2. The van der Waals surface area contributed by atoms with Crippen LogP contribution in [0.15, 0.2) is 47.3 Å². The molecule has 1 heterocycles. The second-order valence-electron chi connectivity index (χ2n) is 7.81. The minimum atomic E-state index is -0.781. The van der Waals surface area contributed by atoms with Gasteiger partial charge >= 0.3 is 5.97 Å². The predicted octanol–water partition coefficient (Wildman–Crippen LogP) is 4.39. The van der Waals surface area contributed by atoms with Crippen molar-refractivity contribution in [1.82, 2.24) is 15.1 Å². The summed E-state index contributed by atoms with van der Waals surface area (Å²) in [6, 6.07) is 11.4. The van der Waals surface area contributed by atoms with Crippen LogP contribution in [0.25, 0.3) is 10.8 Å². The van der Waals surface area contributed by atoms with Crippen molar-refractivity contribution in [1.29, 1.82) is 0 Å². The highest BCUT2D eigenvalue weighted by Gasteiger charge is 2.20. The number of esters is 1. The second-order valence-corrected chi connectivity index (χ2v) is 8.63. The smallest absolute Gasteiger partial charge is 0.359 e. The molecule has 0 aliphatic rings. The summed E-state index contributed by atoms with van der Waals surface area (Å²) >= 11 is 11.9. The van der Waals surface area contributed by atoms with Gasteiger partial charge in [-0.2, -0.15) is 5.10 Å². The van der Waals surface area contributed by atoms with Crippen molar-refractivity contribution in [3.05, 3.63) is 74.1 Å². The number of ether oxygens (including phenoxy) is 1. The molecule has 1 unspecified atom stereocenters. The Balaban J connectivity index is 1.74. The van der Waals surface area contributed by atoms with Crippen molar-refractivity contribution in [2.75, 3.05) is 6.61 Å². The van der Waals surface area contributed by atoms with E-state index >= 15 is 0 Å². The van der Waals surface area contributed by atoms with E-state index in [1.807, 2.05) is 13.8 Å². The van der Waals surface area contributed by atoms with Crippen molar-refractivity contribution in [3.63, 3.8) is 0 Å². The van der Waals surface area contributed by atoms with Gasteiger partial charge in [-0.3, -0.25) is 9.59 Å². The Morgan fingerprint density at radius 1 is 1.06 bits per heavy atom. The molecule has 7 nitrogen and oxygen atoms in total. The van der Waals surface area contributed by atoms with Gasteiger partial charge < -0.3 is 10.1 Å². The van der Waals surface area contributed by atoms with Crippen LogP contribution in [-0.2, 0) is 16.1 Å². The molecule has 0 bridgehead atoms. The zero-order chi connectivity index (χ0) is 23.4. The largest absolute Gasteiger partial charge is 0.451 e. The fourth-order valence-corrected chi connectivity index (χ4v) is 3.51. The number of carbonyl (C=O) groups excluding carboxylic acids is 2. The van der Waals surface area contributed by atoms with E-state index in [2.05, 4.69) is 10.4 Å². The minimum Gasteiger partial charge on any atom is -0.451 e. The third-order valence-electron chi connectivity index (χ3n) is 4.75. The molecule has 0 aliphatic heterocycles. The first kappa shape index (κ1) is 23.8. The molecule has 0 aliphatic carbocycles. The zero-order valence-corrected chi connectivity index (χ0v) is 19.4. The summed E-state index contributed by atoms with van der Waals surface area (Å²) in [5.41, 5.74) is 0.470. The molecule has 1 aromatic heterocycles. The summed E-state index contributed by atoms with van der Waals surface area (Å²) in [6.45, 7) is 5.52. The lowest BCUT2D eigenvalue weighted by Gasteiger charge is -2.15. The van der Waals surface area contributed by atoms with Gasteiger partial charge in [0.15, 0.2) is 12.3 Å².